The first-order chi connectivity index (χ1) is 9.49. The molecule has 1 aliphatic rings. The van der Waals surface area contributed by atoms with E-state index in [1.54, 1.807) is 13.0 Å². The van der Waals surface area contributed by atoms with Crippen LogP contribution in [0.25, 0.3) is 0 Å². The van der Waals surface area contributed by atoms with E-state index in [0.29, 0.717) is 11.4 Å². The maximum absolute atomic E-state index is 12.2. The van der Waals surface area contributed by atoms with E-state index in [-0.39, 0.29) is 17.5 Å². The highest BCUT2D eigenvalue weighted by atomic mass is 16.4. The molecule has 1 heterocycles. The van der Waals surface area contributed by atoms with E-state index in [4.69, 9.17) is 10.8 Å². The van der Waals surface area contributed by atoms with Gasteiger partial charge >= 0.3 is 5.97 Å². The maximum Gasteiger partial charge on any atom is 0.335 e. The zero-order valence-corrected chi connectivity index (χ0v) is 11.4. The number of amides is 1. The van der Waals surface area contributed by atoms with Gasteiger partial charge < -0.3 is 21.1 Å². The molecule has 1 unspecified atom stereocenters. The minimum atomic E-state index is -1.02. The van der Waals surface area contributed by atoms with Crippen LogP contribution in [0.1, 0.15) is 30.1 Å². The van der Waals surface area contributed by atoms with Crippen molar-refractivity contribution in [3.8, 4) is 0 Å². The molecule has 1 aromatic carbocycles. The average molecular weight is 277 g/mol. The van der Waals surface area contributed by atoms with Crippen LogP contribution in [0.5, 0.6) is 0 Å². The molecular weight excluding hydrogens is 258 g/mol. The van der Waals surface area contributed by atoms with Crippen LogP contribution in [0.2, 0.25) is 0 Å². The fourth-order valence-corrected chi connectivity index (χ4v) is 2.33. The van der Waals surface area contributed by atoms with Crippen molar-refractivity contribution in [2.75, 3.05) is 24.1 Å². The number of carbonyl (C=O) groups is 2. The first-order valence-electron chi connectivity index (χ1n) is 6.67. The Morgan fingerprint density at radius 2 is 2.00 bits per heavy atom. The van der Waals surface area contributed by atoms with E-state index in [9.17, 15) is 9.59 Å². The molecule has 1 fully saturated rings. The minimum absolute atomic E-state index is 0.0456. The van der Waals surface area contributed by atoms with Crippen LogP contribution in [-0.4, -0.2) is 41.0 Å². The van der Waals surface area contributed by atoms with Crippen LogP contribution in [0.15, 0.2) is 18.2 Å². The first kappa shape index (κ1) is 14.2. The van der Waals surface area contributed by atoms with E-state index in [1.165, 1.54) is 12.1 Å². The Hall–Kier alpha value is -2.24. The van der Waals surface area contributed by atoms with Gasteiger partial charge in [0.05, 0.1) is 16.9 Å². The van der Waals surface area contributed by atoms with Crippen molar-refractivity contribution in [1.82, 2.24) is 4.90 Å². The second-order valence-electron chi connectivity index (χ2n) is 5.01. The predicted molar refractivity (Wildman–Crippen MR) is 76.7 cm³/mol. The molecule has 1 atom stereocenters. The summed E-state index contributed by atoms with van der Waals surface area (Å²) in [6.45, 7) is 3.39. The van der Waals surface area contributed by atoms with Crippen molar-refractivity contribution in [3.63, 3.8) is 0 Å². The molecule has 0 aromatic heterocycles. The summed E-state index contributed by atoms with van der Waals surface area (Å²) in [4.78, 5) is 24.8. The lowest BCUT2D eigenvalue weighted by Crippen LogP contribution is -2.39. The molecule has 0 spiro atoms. The van der Waals surface area contributed by atoms with Crippen molar-refractivity contribution in [2.24, 2.45) is 0 Å². The SMILES string of the molecule is CC(Nc1ccc(C(=O)O)cc1N)C(=O)N1CCCC1. The summed E-state index contributed by atoms with van der Waals surface area (Å²) in [5, 5.41) is 11.9. The Kier molecular flexibility index (Phi) is 4.12. The van der Waals surface area contributed by atoms with E-state index in [2.05, 4.69) is 5.32 Å². The van der Waals surface area contributed by atoms with Crippen LogP contribution in [0.3, 0.4) is 0 Å². The Balaban J connectivity index is 2.05. The Morgan fingerprint density at radius 3 is 2.55 bits per heavy atom. The van der Waals surface area contributed by atoms with Gasteiger partial charge in [-0.3, -0.25) is 4.79 Å². The Morgan fingerprint density at radius 1 is 1.35 bits per heavy atom. The Bertz CT molecular complexity index is 524. The number of nitrogens with two attached hydrogens (primary N) is 1. The fourth-order valence-electron chi connectivity index (χ4n) is 2.33. The highest BCUT2D eigenvalue weighted by Crippen LogP contribution is 2.21. The summed E-state index contributed by atoms with van der Waals surface area (Å²) in [7, 11) is 0. The highest BCUT2D eigenvalue weighted by molar-refractivity contribution is 5.91. The summed E-state index contributed by atoms with van der Waals surface area (Å²) in [6, 6.07) is 4.06. The van der Waals surface area contributed by atoms with Gasteiger partial charge in [0.2, 0.25) is 5.91 Å². The zero-order chi connectivity index (χ0) is 14.7. The molecule has 6 heteroatoms. The van der Waals surface area contributed by atoms with Gasteiger partial charge in [0, 0.05) is 13.1 Å². The number of nitrogen functional groups attached to an aromatic ring is 1. The lowest BCUT2D eigenvalue weighted by atomic mass is 10.1. The van der Waals surface area contributed by atoms with Crippen molar-refractivity contribution < 1.29 is 14.7 Å². The molecule has 0 aliphatic carbocycles. The van der Waals surface area contributed by atoms with Crippen molar-refractivity contribution in [2.45, 2.75) is 25.8 Å². The number of hydrogen-bond donors (Lipinski definition) is 3. The number of carboxylic acids is 1. The van der Waals surface area contributed by atoms with Crippen molar-refractivity contribution in [1.29, 1.82) is 0 Å². The van der Waals surface area contributed by atoms with Crippen LogP contribution < -0.4 is 11.1 Å². The monoisotopic (exact) mass is 277 g/mol. The lowest BCUT2D eigenvalue weighted by Gasteiger charge is -2.22. The number of nitrogens with one attached hydrogen (secondary N) is 1. The number of aromatic carboxylic acids is 1. The van der Waals surface area contributed by atoms with E-state index in [1.807, 2.05) is 4.90 Å². The number of benzene rings is 1. The number of nitrogens with zero attached hydrogens (tertiary/aromatic N) is 1. The van der Waals surface area contributed by atoms with E-state index in [0.717, 1.165) is 25.9 Å². The van der Waals surface area contributed by atoms with Crippen molar-refractivity contribution in [3.05, 3.63) is 23.8 Å². The molecule has 20 heavy (non-hydrogen) atoms. The van der Waals surface area contributed by atoms with Gasteiger partial charge in [-0.15, -0.1) is 0 Å². The van der Waals surface area contributed by atoms with E-state index < -0.39 is 5.97 Å². The largest absolute Gasteiger partial charge is 0.478 e. The molecule has 1 aromatic rings. The summed E-state index contributed by atoms with van der Waals surface area (Å²) in [5.74, 6) is -0.978. The predicted octanol–water partition coefficient (Wildman–Crippen LogP) is 1.39. The van der Waals surface area contributed by atoms with Crippen LogP contribution >= 0.6 is 0 Å². The third kappa shape index (κ3) is 3.01. The highest BCUT2D eigenvalue weighted by Gasteiger charge is 2.23. The zero-order valence-electron chi connectivity index (χ0n) is 11.4. The van der Waals surface area contributed by atoms with Gasteiger partial charge in [0.15, 0.2) is 0 Å². The van der Waals surface area contributed by atoms with Gasteiger partial charge in [-0.05, 0) is 38.0 Å². The molecule has 0 bridgehead atoms. The number of carboxylic acid groups (broad SMARTS) is 1. The molecule has 1 amide bonds. The Labute approximate surface area is 117 Å². The molecule has 2 rings (SSSR count). The smallest absolute Gasteiger partial charge is 0.335 e. The van der Waals surface area contributed by atoms with E-state index >= 15 is 0 Å². The number of rotatable bonds is 4. The quantitative estimate of drug-likeness (QED) is 0.723. The topological polar surface area (TPSA) is 95.7 Å². The summed E-state index contributed by atoms with van der Waals surface area (Å²) < 4.78 is 0. The van der Waals surface area contributed by atoms with Crippen LogP contribution in [-0.2, 0) is 4.79 Å². The maximum atomic E-state index is 12.2. The lowest BCUT2D eigenvalue weighted by molar-refractivity contribution is -0.130. The standard InChI is InChI=1S/C14H19N3O3/c1-9(13(18)17-6-2-3-7-17)16-12-5-4-10(14(19)20)8-11(12)15/h4-5,8-9,16H,2-3,6-7,15H2,1H3,(H,19,20). The molecule has 0 saturated carbocycles. The van der Waals surface area contributed by atoms with Crippen LogP contribution in [0.4, 0.5) is 11.4 Å². The normalized spacial score (nSPS) is 15.9. The number of anilines is 2. The number of carbonyl (C=O) groups excluding carboxylic acids is 1. The number of likely N-dealkylation sites (tertiary alicyclic amines) is 1. The molecule has 108 valence electrons. The summed E-state index contributed by atoms with van der Waals surface area (Å²) in [5.41, 5.74) is 6.85. The molecule has 4 N–H and O–H groups in total. The molecular formula is C14H19N3O3. The molecule has 1 aliphatic heterocycles. The van der Waals surface area contributed by atoms with Gasteiger partial charge in [-0.25, -0.2) is 4.79 Å². The van der Waals surface area contributed by atoms with Gasteiger partial charge in [0.25, 0.3) is 0 Å². The first-order valence-corrected chi connectivity index (χ1v) is 6.67. The fraction of sp³-hybridized carbons (Fsp3) is 0.429. The average Bonchev–Trinajstić information content (AvgIpc) is 2.93. The third-order valence-corrected chi connectivity index (χ3v) is 3.46. The molecule has 0 radical (unpaired) electrons. The second kappa shape index (κ2) is 5.81. The summed E-state index contributed by atoms with van der Waals surface area (Å²) >= 11 is 0. The third-order valence-electron chi connectivity index (χ3n) is 3.46. The molecule has 1 saturated heterocycles. The van der Waals surface area contributed by atoms with Crippen molar-refractivity contribution >= 4 is 23.3 Å². The minimum Gasteiger partial charge on any atom is -0.478 e. The number of hydrogen-bond acceptors (Lipinski definition) is 4. The molecule has 6 nitrogen and oxygen atoms in total. The van der Waals surface area contributed by atoms with Gasteiger partial charge in [0.1, 0.15) is 6.04 Å². The van der Waals surface area contributed by atoms with Gasteiger partial charge in [-0.1, -0.05) is 0 Å². The van der Waals surface area contributed by atoms with Crippen LogP contribution in [0, 0.1) is 0 Å². The second-order valence-corrected chi connectivity index (χ2v) is 5.01. The van der Waals surface area contributed by atoms with Gasteiger partial charge in [-0.2, -0.15) is 0 Å². The summed E-state index contributed by atoms with van der Waals surface area (Å²) in [6.07, 6.45) is 2.10.